The number of benzene rings is 3. The Morgan fingerprint density at radius 1 is 0.861 bits per heavy atom. The molecular weight excluding hydrogens is 464 g/mol. The SMILES string of the molecule is COc1ccc(/C=C\c2cc(OC)c(OC)c(OC)c2)cc1N=CCC(=O)c1ccccc1[N+](=O)[O-]. The van der Waals surface area contributed by atoms with Crippen LogP contribution in [0.15, 0.2) is 59.6 Å². The normalized spacial score (nSPS) is 11.0. The first-order valence-electron chi connectivity index (χ1n) is 10.9. The average molecular weight is 491 g/mol. The van der Waals surface area contributed by atoms with Crippen LogP contribution in [0.25, 0.3) is 12.2 Å². The van der Waals surface area contributed by atoms with Gasteiger partial charge in [0.15, 0.2) is 17.3 Å². The van der Waals surface area contributed by atoms with E-state index in [1.54, 1.807) is 39.5 Å². The zero-order chi connectivity index (χ0) is 26.1. The summed E-state index contributed by atoms with van der Waals surface area (Å²) < 4.78 is 21.5. The van der Waals surface area contributed by atoms with E-state index < -0.39 is 10.7 Å². The van der Waals surface area contributed by atoms with Crippen molar-refractivity contribution in [2.24, 2.45) is 4.99 Å². The lowest BCUT2D eigenvalue weighted by atomic mass is 10.1. The van der Waals surface area contributed by atoms with E-state index in [4.69, 9.17) is 18.9 Å². The molecule has 186 valence electrons. The molecule has 0 saturated heterocycles. The number of nitrogens with zero attached hydrogens (tertiary/aromatic N) is 2. The lowest BCUT2D eigenvalue weighted by Crippen LogP contribution is -2.04. The summed E-state index contributed by atoms with van der Waals surface area (Å²) in [6, 6.07) is 14.9. The fourth-order valence-corrected chi connectivity index (χ4v) is 3.51. The molecule has 3 aromatic carbocycles. The predicted molar refractivity (Wildman–Crippen MR) is 138 cm³/mol. The lowest BCUT2D eigenvalue weighted by Gasteiger charge is -2.12. The summed E-state index contributed by atoms with van der Waals surface area (Å²) in [7, 11) is 6.18. The van der Waals surface area contributed by atoms with Gasteiger partial charge in [-0.1, -0.05) is 30.4 Å². The van der Waals surface area contributed by atoms with Gasteiger partial charge in [0.1, 0.15) is 11.4 Å². The standard InChI is InChI=1S/C27H26N2O7/c1-33-24-12-11-18(9-10-19-16-25(34-2)27(36-4)26(17-19)35-3)15-21(24)28-14-13-23(30)20-7-5-6-8-22(20)29(31)32/h5-12,14-17H,13H2,1-4H3/b10-9-,28-14?. The second kappa shape index (κ2) is 12.2. The van der Waals surface area contributed by atoms with Gasteiger partial charge in [-0.25, -0.2) is 0 Å². The van der Waals surface area contributed by atoms with Crippen molar-refractivity contribution in [2.45, 2.75) is 6.42 Å². The van der Waals surface area contributed by atoms with Crippen molar-refractivity contribution in [1.29, 1.82) is 0 Å². The molecule has 0 atom stereocenters. The number of para-hydroxylation sites is 1. The molecule has 9 heteroatoms. The van der Waals surface area contributed by atoms with Crippen molar-refractivity contribution in [3.05, 3.63) is 81.4 Å². The molecule has 0 radical (unpaired) electrons. The van der Waals surface area contributed by atoms with Gasteiger partial charge in [-0.2, -0.15) is 0 Å². The number of carbonyl (C=O) groups is 1. The molecule has 0 fully saturated rings. The molecule has 0 aliphatic rings. The number of methoxy groups -OCH3 is 4. The second-order valence-electron chi connectivity index (χ2n) is 7.44. The zero-order valence-electron chi connectivity index (χ0n) is 20.4. The Morgan fingerprint density at radius 3 is 2.11 bits per heavy atom. The number of ketones is 1. The molecule has 0 N–H and O–H groups in total. The Bertz CT molecular complexity index is 1290. The van der Waals surface area contributed by atoms with Crippen LogP contribution in [0.4, 0.5) is 11.4 Å². The zero-order valence-corrected chi connectivity index (χ0v) is 20.4. The Labute approximate surface area is 208 Å². The van der Waals surface area contributed by atoms with Crippen LogP contribution in [-0.2, 0) is 0 Å². The van der Waals surface area contributed by atoms with E-state index in [-0.39, 0.29) is 17.7 Å². The molecule has 3 aromatic rings. The van der Waals surface area contributed by atoms with Gasteiger partial charge in [-0.15, -0.1) is 0 Å². The minimum atomic E-state index is -0.572. The summed E-state index contributed by atoms with van der Waals surface area (Å²) in [6.07, 6.45) is 5.10. The van der Waals surface area contributed by atoms with Crippen LogP contribution in [-0.4, -0.2) is 45.4 Å². The molecular formula is C27H26N2O7. The average Bonchev–Trinajstić information content (AvgIpc) is 2.91. The summed E-state index contributed by atoms with van der Waals surface area (Å²) in [6.45, 7) is 0. The summed E-state index contributed by atoms with van der Waals surface area (Å²) >= 11 is 0. The highest BCUT2D eigenvalue weighted by Crippen LogP contribution is 2.38. The third-order valence-electron chi connectivity index (χ3n) is 5.27. The largest absolute Gasteiger partial charge is 0.494 e. The highest BCUT2D eigenvalue weighted by Gasteiger charge is 2.18. The Balaban J connectivity index is 1.82. The van der Waals surface area contributed by atoms with Gasteiger partial charge >= 0.3 is 0 Å². The molecule has 9 nitrogen and oxygen atoms in total. The topological polar surface area (TPSA) is 109 Å². The van der Waals surface area contributed by atoms with Gasteiger partial charge in [0, 0.05) is 18.7 Å². The van der Waals surface area contributed by atoms with Crippen molar-refractivity contribution >= 4 is 35.5 Å². The van der Waals surface area contributed by atoms with Crippen LogP contribution in [0.1, 0.15) is 27.9 Å². The lowest BCUT2D eigenvalue weighted by molar-refractivity contribution is -0.385. The quantitative estimate of drug-likeness (QED) is 0.110. The van der Waals surface area contributed by atoms with E-state index in [1.165, 1.54) is 31.5 Å². The Morgan fingerprint density at radius 2 is 1.50 bits per heavy atom. The molecule has 0 aromatic heterocycles. The molecule has 0 spiro atoms. The molecule has 0 bridgehead atoms. The third-order valence-corrected chi connectivity index (χ3v) is 5.27. The van der Waals surface area contributed by atoms with Crippen molar-refractivity contribution in [3.63, 3.8) is 0 Å². The minimum Gasteiger partial charge on any atom is -0.494 e. The highest BCUT2D eigenvalue weighted by molar-refractivity contribution is 6.06. The van der Waals surface area contributed by atoms with Gasteiger partial charge in [0.25, 0.3) is 5.69 Å². The number of rotatable bonds is 11. The van der Waals surface area contributed by atoms with E-state index in [2.05, 4.69) is 4.99 Å². The Hall–Kier alpha value is -4.66. The van der Waals surface area contributed by atoms with Crippen LogP contribution in [0.3, 0.4) is 0 Å². The van der Waals surface area contributed by atoms with Gasteiger partial charge in [0.05, 0.1) is 38.9 Å². The van der Waals surface area contributed by atoms with Crippen LogP contribution in [0, 0.1) is 10.1 Å². The van der Waals surface area contributed by atoms with E-state index >= 15 is 0 Å². The number of hydrogen-bond acceptors (Lipinski definition) is 8. The number of aliphatic imine (C=N–C) groups is 1. The maximum Gasteiger partial charge on any atom is 0.280 e. The molecule has 0 aliphatic carbocycles. The van der Waals surface area contributed by atoms with E-state index in [0.29, 0.717) is 28.7 Å². The molecule has 3 rings (SSSR count). The first kappa shape index (κ1) is 26.0. The molecule has 0 amide bonds. The van der Waals surface area contributed by atoms with Crippen molar-refractivity contribution in [3.8, 4) is 23.0 Å². The third kappa shape index (κ3) is 6.06. The number of hydrogen-bond donors (Lipinski definition) is 0. The van der Waals surface area contributed by atoms with Gasteiger partial charge in [0.2, 0.25) is 5.75 Å². The second-order valence-corrected chi connectivity index (χ2v) is 7.44. The summed E-state index contributed by atoms with van der Waals surface area (Å²) in [5.74, 6) is 1.71. The van der Waals surface area contributed by atoms with Gasteiger partial charge in [-0.05, 0) is 41.5 Å². The number of nitro groups is 1. The van der Waals surface area contributed by atoms with Crippen molar-refractivity contribution < 1.29 is 28.7 Å². The Kier molecular flexibility index (Phi) is 8.77. The van der Waals surface area contributed by atoms with Crippen molar-refractivity contribution in [2.75, 3.05) is 28.4 Å². The molecule has 0 aliphatic heterocycles. The fraction of sp³-hybridized carbons (Fsp3) is 0.185. The number of ether oxygens (including phenoxy) is 4. The van der Waals surface area contributed by atoms with Crippen LogP contribution in [0.5, 0.6) is 23.0 Å². The first-order valence-corrected chi connectivity index (χ1v) is 10.9. The van der Waals surface area contributed by atoms with Crippen LogP contribution < -0.4 is 18.9 Å². The summed E-state index contributed by atoms with van der Waals surface area (Å²) in [5.41, 5.74) is 2.00. The maximum atomic E-state index is 12.5. The minimum absolute atomic E-state index is 0.0444. The first-order chi connectivity index (χ1) is 17.4. The number of carbonyl (C=O) groups excluding carboxylic acids is 1. The molecule has 0 saturated carbocycles. The monoisotopic (exact) mass is 490 g/mol. The predicted octanol–water partition coefficient (Wildman–Crippen LogP) is 5.77. The van der Waals surface area contributed by atoms with Crippen LogP contribution >= 0.6 is 0 Å². The maximum absolute atomic E-state index is 12.5. The van der Waals surface area contributed by atoms with Crippen molar-refractivity contribution in [1.82, 2.24) is 0 Å². The summed E-state index contributed by atoms with van der Waals surface area (Å²) in [5, 5.41) is 11.2. The molecule has 36 heavy (non-hydrogen) atoms. The van der Waals surface area contributed by atoms with Gasteiger partial charge < -0.3 is 18.9 Å². The summed E-state index contributed by atoms with van der Waals surface area (Å²) in [4.78, 5) is 27.5. The van der Waals surface area contributed by atoms with Gasteiger partial charge in [-0.3, -0.25) is 19.9 Å². The van der Waals surface area contributed by atoms with E-state index in [0.717, 1.165) is 11.1 Å². The number of Topliss-reactive ketones (excluding diaryl/α,β-unsaturated/α-hetero) is 1. The molecule has 0 unspecified atom stereocenters. The van der Waals surface area contributed by atoms with E-state index in [1.807, 2.05) is 30.4 Å². The highest BCUT2D eigenvalue weighted by atomic mass is 16.6. The van der Waals surface area contributed by atoms with E-state index in [9.17, 15) is 14.9 Å². The number of nitro benzene ring substituents is 1. The fourth-order valence-electron chi connectivity index (χ4n) is 3.51. The van der Waals surface area contributed by atoms with Crippen LogP contribution in [0.2, 0.25) is 0 Å². The smallest absolute Gasteiger partial charge is 0.280 e. The molecule has 0 heterocycles.